The Morgan fingerprint density at radius 2 is 1.56 bits per heavy atom. The number of rotatable bonds is 4. The van der Waals surface area contributed by atoms with Crippen molar-refractivity contribution in [1.29, 1.82) is 0 Å². The lowest BCUT2D eigenvalue weighted by atomic mass is 10.1. The minimum absolute atomic E-state index is 0.187. The second-order valence-corrected chi connectivity index (χ2v) is 8.05. The summed E-state index contributed by atoms with van der Waals surface area (Å²) in [7, 11) is 1.71. The number of aryl methyl sites for hydroxylation is 1. The number of phenolic OH excluding ortho intramolecular Hbond substituents is 1. The van der Waals surface area contributed by atoms with Crippen LogP contribution in [0.5, 0.6) is 11.5 Å². The number of anilines is 2. The molecule has 2 heterocycles. The van der Waals surface area contributed by atoms with E-state index in [4.69, 9.17) is 14.7 Å². The van der Waals surface area contributed by atoms with Crippen LogP contribution in [0, 0.1) is 6.92 Å². The first-order valence-electron chi connectivity index (χ1n) is 10.8. The molecule has 1 aliphatic rings. The Labute approximate surface area is 187 Å². The van der Waals surface area contributed by atoms with Crippen LogP contribution in [0.1, 0.15) is 5.56 Å². The lowest BCUT2D eigenvalue weighted by molar-refractivity contribution is 0.413. The molecular weight excluding hydrogens is 400 g/mol. The monoisotopic (exact) mass is 426 g/mol. The SMILES string of the molecule is COc1ccccc1N1CCN(c2nc(-c3ccccc3O)nc3cc(C)ccc23)CC1. The lowest BCUT2D eigenvalue weighted by Gasteiger charge is -2.37. The van der Waals surface area contributed by atoms with Gasteiger partial charge in [0.2, 0.25) is 0 Å². The zero-order valence-electron chi connectivity index (χ0n) is 18.3. The number of piperazine rings is 1. The number of nitrogens with zero attached hydrogens (tertiary/aromatic N) is 4. The molecule has 5 rings (SSSR count). The standard InChI is InChI=1S/C26H26N4O2/c1-18-11-12-19-21(17-18)27-25(20-7-3-5-9-23(20)31)28-26(19)30-15-13-29(14-16-30)22-8-4-6-10-24(22)32-2/h3-12,17,31H,13-16H2,1-2H3. The summed E-state index contributed by atoms with van der Waals surface area (Å²) >= 11 is 0. The van der Waals surface area contributed by atoms with E-state index in [1.807, 2.05) is 36.4 Å². The van der Waals surface area contributed by atoms with Crippen molar-refractivity contribution < 1.29 is 9.84 Å². The summed E-state index contributed by atoms with van der Waals surface area (Å²) in [5.74, 6) is 2.54. The fourth-order valence-corrected chi connectivity index (χ4v) is 4.30. The summed E-state index contributed by atoms with van der Waals surface area (Å²) in [5.41, 5.74) is 3.80. The molecule has 1 aliphatic heterocycles. The summed E-state index contributed by atoms with van der Waals surface area (Å²) in [4.78, 5) is 14.4. The van der Waals surface area contributed by atoms with Gasteiger partial charge in [0.25, 0.3) is 0 Å². The van der Waals surface area contributed by atoms with Gasteiger partial charge in [-0.2, -0.15) is 0 Å². The second-order valence-electron chi connectivity index (χ2n) is 8.05. The molecule has 0 unspecified atom stereocenters. The molecule has 0 bridgehead atoms. The Morgan fingerprint density at radius 3 is 2.34 bits per heavy atom. The fraction of sp³-hybridized carbons (Fsp3) is 0.231. The Bertz CT molecular complexity index is 1270. The van der Waals surface area contributed by atoms with E-state index in [2.05, 4.69) is 41.0 Å². The van der Waals surface area contributed by atoms with E-state index in [0.717, 1.165) is 59.9 Å². The molecule has 1 fully saturated rings. The Morgan fingerprint density at radius 1 is 0.844 bits per heavy atom. The zero-order chi connectivity index (χ0) is 22.1. The third-order valence-corrected chi connectivity index (χ3v) is 5.98. The molecule has 0 radical (unpaired) electrons. The lowest BCUT2D eigenvalue weighted by Crippen LogP contribution is -2.47. The van der Waals surface area contributed by atoms with E-state index in [0.29, 0.717) is 11.4 Å². The molecule has 1 aromatic heterocycles. The van der Waals surface area contributed by atoms with Crippen LogP contribution in [0.3, 0.4) is 0 Å². The van der Waals surface area contributed by atoms with E-state index < -0.39 is 0 Å². The van der Waals surface area contributed by atoms with Crippen LogP contribution < -0.4 is 14.5 Å². The average molecular weight is 427 g/mol. The van der Waals surface area contributed by atoms with Crippen molar-refractivity contribution in [2.45, 2.75) is 6.92 Å². The highest BCUT2D eigenvalue weighted by atomic mass is 16.5. The molecule has 32 heavy (non-hydrogen) atoms. The minimum atomic E-state index is 0.187. The van der Waals surface area contributed by atoms with Crippen molar-refractivity contribution in [2.24, 2.45) is 0 Å². The number of para-hydroxylation sites is 3. The molecule has 0 aliphatic carbocycles. The van der Waals surface area contributed by atoms with Crippen LogP contribution in [-0.2, 0) is 0 Å². The summed E-state index contributed by atoms with van der Waals surface area (Å²) < 4.78 is 5.56. The maximum Gasteiger partial charge on any atom is 0.165 e. The Kier molecular flexibility index (Phi) is 5.27. The van der Waals surface area contributed by atoms with Crippen molar-refractivity contribution >= 4 is 22.4 Å². The normalized spacial score (nSPS) is 14.1. The van der Waals surface area contributed by atoms with Crippen molar-refractivity contribution in [3.63, 3.8) is 0 Å². The van der Waals surface area contributed by atoms with E-state index in [1.54, 1.807) is 13.2 Å². The van der Waals surface area contributed by atoms with Gasteiger partial charge >= 0.3 is 0 Å². The minimum Gasteiger partial charge on any atom is -0.507 e. The van der Waals surface area contributed by atoms with Gasteiger partial charge in [0, 0.05) is 31.6 Å². The van der Waals surface area contributed by atoms with Crippen molar-refractivity contribution in [3.05, 3.63) is 72.3 Å². The largest absolute Gasteiger partial charge is 0.507 e. The maximum absolute atomic E-state index is 10.4. The molecule has 0 saturated carbocycles. The van der Waals surface area contributed by atoms with Gasteiger partial charge in [-0.25, -0.2) is 9.97 Å². The first-order valence-corrected chi connectivity index (χ1v) is 10.8. The van der Waals surface area contributed by atoms with E-state index >= 15 is 0 Å². The number of hydrogen-bond acceptors (Lipinski definition) is 6. The predicted molar refractivity (Wildman–Crippen MR) is 129 cm³/mol. The third kappa shape index (κ3) is 3.68. The van der Waals surface area contributed by atoms with Crippen LogP contribution in [0.4, 0.5) is 11.5 Å². The number of fused-ring (bicyclic) bond motifs is 1. The van der Waals surface area contributed by atoms with Crippen molar-refractivity contribution in [2.75, 3.05) is 43.1 Å². The Balaban J connectivity index is 1.51. The highest BCUT2D eigenvalue weighted by Gasteiger charge is 2.23. The average Bonchev–Trinajstić information content (AvgIpc) is 2.83. The van der Waals surface area contributed by atoms with Gasteiger partial charge in [0.15, 0.2) is 5.82 Å². The maximum atomic E-state index is 10.4. The number of aromatic nitrogens is 2. The molecule has 162 valence electrons. The van der Waals surface area contributed by atoms with Crippen LogP contribution >= 0.6 is 0 Å². The fourth-order valence-electron chi connectivity index (χ4n) is 4.30. The molecule has 4 aromatic rings. The topological polar surface area (TPSA) is 61.7 Å². The van der Waals surface area contributed by atoms with Crippen LogP contribution in [-0.4, -0.2) is 48.4 Å². The molecule has 1 N–H and O–H groups in total. The summed E-state index contributed by atoms with van der Waals surface area (Å²) in [6.07, 6.45) is 0. The summed E-state index contributed by atoms with van der Waals surface area (Å²) in [6.45, 7) is 5.46. The van der Waals surface area contributed by atoms with Gasteiger partial charge in [-0.15, -0.1) is 0 Å². The molecular formula is C26H26N4O2. The van der Waals surface area contributed by atoms with Gasteiger partial charge in [-0.3, -0.25) is 0 Å². The van der Waals surface area contributed by atoms with Crippen LogP contribution in [0.15, 0.2) is 66.7 Å². The zero-order valence-corrected chi connectivity index (χ0v) is 18.3. The molecule has 0 atom stereocenters. The molecule has 6 heteroatoms. The molecule has 3 aromatic carbocycles. The number of benzene rings is 3. The van der Waals surface area contributed by atoms with Crippen molar-refractivity contribution in [3.8, 4) is 22.9 Å². The number of methoxy groups -OCH3 is 1. The van der Waals surface area contributed by atoms with Gasteiger partial charge in [0.1, 0.15) is 17.3 Å². The first-order chi connectivity index (χ1) is 15.6. The predicted octanol–water partition coefficient (Wildman–Crippen LogP) is 4.65. The van der Waals surface area contributed by atoms with E-state index in [-0.39, 0.29) is 5.75 Å². The van der Waals surface area contributed by atoms with Crippen molar-refractivity contribution in [1.82, 2.24) is 9.97 Å². The van der Waals surface area contributed by atoms with Gasteiger partial charge in [0.05, 0.1) is 23.9 Å². The summed E-state index contributed by atoms with van der Waals surface area (Å²) in [5, 5.41) is 11.4. The highest BCUT2D eigenvalue weighted by molar-refractivity contribution is 5.92. The third-order valence-electron chi connectivity index (χ3n) is 5.98. The van der Waals surface area contributed by atoms with Gasteiger partial charge in [-0.1, -0.05) is 30.3 Å². The first kappa shape index (κ1) is 20.1. The smallest absolute Gasteiger partial charge is 0.165 e. The van der Waals surface area contributed by atoms with E-state index in [9.17, 15) is 5.11 Å². The highest BCUT2D eigenvalue weighted by Crippen LogP contribution is 2.33. The van der Waals surface area contributed by atoms with E-state index in [1.165, 1.54) is 0 Å². The Hall–Kier alpha value is -3.80. The molecule has 0 spiro atoms. The number of hydrogen-bond donors (Lipinski definition) is 1. The van der Waals surface area contributed by atoms with Crippen LogP contribution in [0.25, 0.3) is 22.3 Å². The number of ether oxygens (including phenoxy) is 1. The quantitative estimate of drug-likeness (QED) is 0.513. The second kappa shape index (κ2) is 8.38. The molecule has 6 nitrogen and oxygen atoms in total. The number of phenols is 1. The molecule has 0 amide bonds. The summed E-state index contributed by atoms with van der Waals surface area (Å²) in [6, 6.07) is 21.6. The number of aromatic hydroxyl groups is 1. The molecule has 1 saturated heterocycles. The van der Waals surface area contributed by atoms with Gasteiger partial charge < -0.3 is 19.6 Å². The van der Waals surface area contributed by atoms with Crippen LogP contribution in [0.2, 0.25) is 0 Å². The van der Waals surface area contributed by atoms with Gasteiger partial charge in [-0.05, 0) is 48.9 Å².